The van der Waals surface area contributed by atoms with Gasteiger partial charge in [-0.05, 0) is 6.92 Å². The molecule has 0 aliphatic carbocycles. The van der Waals surface area contributed by atoms with Gasteiger partial charge in [0.15, 0.2) is 5.65 Å². The van der Waals surface area contributed by atoms with E-state index in [1.54, 1.807) is 13.4 Å². The Bertz CT molecular complexity index is 546. The van der Waals surface area contributed by atoms with Crippen molar-refractivity contribution in [2.75, 3.05) is 45.4 Å². The molecule has 0 aliphatic rings. The zero-order valence-corrected chi connectivity index (χ0v) is 12.4. The van der Waals surface area contributed by atoms with Gasteiger partial charge in [0.1, 0.15) is 5.52 Å². The van der Waals surface area contributed by atoms with Crippen molar-refractivity contribution in [3.05, 3.63) is 6.33 Å². The first-order valence-electron chi connectivity index (χ1n) is 6.99. The van der Waals surface area contributed by atoms with Crippen LogP contribution in [0.3, 0.4) is 0 Å². The molecule has 2 rings (SSSR count). The summed E-state index contributed by atoms with van der Waals surface area (Å²) in [5.41, 5.74) is 1.30. The number of fused-ring (bicyclic) bond motifs is 1. The molecule has 8 heteroatoms. The number of aromatic nitrogens is 4. The highest BCUT2D eigenvalue weighted by molar-refractivity contribution is 5.76. The van der Waals surface area contributed by atoms with Gasteiger partial charge in [-0.1, -0.05) is 0 Å². The van der Waals surface area contributed by atoms with Gasteiger partial charge in [0.2, 0.25) is 11.8 Å². The van der Waals surface area contributed by atoms with E-state index in [1.807, 2.05) is 6.92 Å². The van der Waals surface area contributed by atoms with Crippen LogP contribution in [0.1, 0.15) is 13.3 Å². The van der Waals surface area contributed by atoms with Crippen LogP contribution in [0.25, 0.3) is 11.2 Å². The number of H-pyrrole nitrogens is 1. The number of nitrogens with zero attached hydrogens (tertiary/aromatic N) is 3. The van der Waals surface area contributed by atoms with Crippen molar-refractivity contribution in [1.29, 1.82) is 0 Å². The van der Waals surface area contributed by atoms with Crippen LogP contribution in [0.5, 0.6) is 5.88 Å². The third-order valence-corrected chi connectivity index (χ3v) is 2.69. The lowest BCUT2D eigenvalue weighted by molar-refractivity contribution is 0.0643. The van der Waals surface area contributed by atoms with Gasteiger partial charge in [0, 0.05) is 26.7 Å². The van der Waals surface area contributed by atoms with Crippen molar-refractivity contribution in [2.45, 2.75) is 13.3 Å². The van der Waals surface area contributed by atoms with Crippen molar-refractivity contribution in [3.8, 4) is 5.88 Å². The lowest BCUT2D eigenvalue weighted by Crippen LogP contribution is -2.09. The van der Waals surface area contributed by atoms with E-state index in [1.165, 1.54) is 0 Å². The molecule has 2 heterocycles. The van der Waals surface area contributed by atoms with Gasteiger partial charge in [0.05, 0.1) is 26.1 Å². The number of methoxy groups -OCH3 is 1. The van der Waals surface area contributed by atoms with E-state index in [0.29, 0.717) is 49.4 Å². The fraction of sp³-hybridized carbons (Fsp3) is 0.615. The van der Waals surface area contributed by atoms with Crippen LogP contribution in [-0.2, 0) is 9.47 Å². The Balaban J connectivity index is 1.87. The van der Waals surface area contributed by atoms with Crippen molar-refractivity contribution in [1.82, 2.24) is 19.9 Å². The first-order valence-corrected chi connectivity index (χ1v) is 6.99. The number of anilines is 1. The molecule has 116 valence electrons. The first kappa shape index (κ1) is 15.5. The van der Waals surface area contributed by atoms with E-state index < -0.39 is 0 Å². The summed E-state index contributed by atoms with van der Waals surface area (Å²) in [7, 11) is 1.65. The van der Waals surface area contributed by atoms with Gasteiger partial charge in [-0.25, -0.2) is 4.98 Å². The zero-order valence-electron chi connectivity index (χ0n) is 12.4. The topological polar surface area (TPSA) is 94.2 Å². The van der Waals surface area contributed by atoms with Gasteiger partial charge < -0.3 is 24.5 Å². The molecule has 0 amide bonds. The maximum Gasteiger partial charge on any atom is 0.245 e. The fourth-order valence-electron chi connectivity index (χ4n) is 1.72. The van der Waals surface area contributed by atoms with E-state index in [-0.39, 0.29) is 0 Å². The Labute approximate surface area is 123 Å². The lowest BCUT2D eigenvalue weighted by Gasteiger charge is -2.08. The van der Waals surface area contributed by atoms with Gasteiger partial charge in [-0.2, -0.15) is 9.97 Å². The second kappa shape index (κ2) is 8.38. The second-order valence-corrected chi connectivity index (χ2v) is 4.29. The van der Waals surface area contributed by atoms with Crippen LogP contribution in [0, 0.1) is 0 Å². The molecule has 0 saturated carbocycles. The summed E-state index contributed by atoms with van der Waals surface area (Å²) >= 11 is 0. The predicted octanol–water partition coefficient (Wildman–Crippen LogP) is 1.22. The average Bonchev–Trinajstić information content (AvgIpc) is 2.95. The van der Waals surface area contributed by atoms with Crippen LogP contribution in [0.4, 0.5) is 5.95 Å². The van der Waals surface area contributed by atoms with Crippen LogP contribution < -0.4 is 10.1 Å². The summed E-state index contributed by atoms with van der Waals surface area (Å²) < 4.78 is 16.0. The fourth-order valence-corrected chi connectivity index (χ4v) is 1.72. The van der Waals surface area contributed by atoms with Crippen LogP contribution >= 0.6 is 0 Å². The summed E-state index contributed by atoms with van der Waals surface area (Å²) in [4.78, 5) is 15.7. The van der Waals surface area contributed by atoms with Gasteiger partial charge in [-0.3, -0.25) is 0 Å². The average molecular weight is 295 g/mol. The van der Waals surface area contributed by atoms with Crippen LogP contribution in [-0.4, -0.2) is 60.0 Å². The third kappa shape index (κ3) is 4.54. The first-order chi connectivity index (χ1) is 10.3. The molecule has 2 aromatic heterocycles. The van der Waals surface area contributed by atoms with E-state index >= 15 is 0 Å². The molecule has 2 aromatic rings. The molecular formula is C13H21N5O3. The van der Waals surface area contributed by atoms with Crippen LogP contribution in [0.2, 0.25) is 0 Å². The van der Waals surface area contributed by atoms with E-state index in [4.69, 9.17) is 14.2 Å². The maximum atomic E-state index is 5.70. The highest BCUT2D eigenvalue weighted by Gasteiger charge is 2.10. The summed E-state index contributed by atoms with van der Waals surface area (Å²) in [5, 5.41) is 3.06. The number of aromatic amines is 1. The van der Waals surface area contributed by atoms with Crippen molar-refractivity contribution in [3.63, 3.8) is 0 Å². The number of hydrogen-bond acceptors (Lipinski definition) is 7. The van der Waals surface area contributed by atoms with Crippen molar-refractivity contribution >= 4 is 17.1 Å². The number of nitrogens with one attached hydrogen (secondary N) is 2. The van der Waals surface area contributed by atoms with E-state index in [9.17, 15) is 0 Å². The molecular weight excluding hydrogens is 274 g/mol. The summed E-state index contributed by atoms with van der Waals surface area (Å²) in [6.07, 6.45) is 2.36. The smallest absolute Gasteiger partial charge is 0.245 e. The van der Waals surface area contributed by atoms with E-state index in [0.717, 1.165) is 13.0 Å². The number of hydrogen-bond donors (Lipinski definition) is 2. The molecule has 0 spiro atoms. The molecule has 0 atom stereocenters. The number of ether oxygens (including phenoxy) is 3. The maximum absolute atomic E-state index is 5.70. The Morgan fingerprint density at radius 1 is 1.19 bits per heavy atom. The summed E-state index contributed by atoms with van der Waals surface area (Å²) in [6.45, 7) is 5.07. The molecule has 8 nitrogen and oxygen atoms in total. The van der Waals surface area contributed by atoms with Gasteiger partial charge in [0.25, 0.3) is 0 Å². The van der Waals surface area contributed by atoms with E-state index in [2.05, 4.69) is 25.3 Å². The molecule has 0 aromatic carbocycles. The summed E-state index contributed by atoms with van der Waals surface area (Å²) in [5.74, 6) is 1.02. The highest BCUT2D eigenvalue weighted by Crippen LogP contribution is 2.20. The number of rotatable bonds is 10. The molecule has 2 N–H and O–H groups in total. The molecule has 0 fully saturated rings. The monoisotopic (exact) mass is 295 g/mol. The standard InChI is InChI=1S/C13H21N5O3/c1-3-14-13-17-11-10(15-9-16-11)12(18-13)21-6-4-5-20-8-7-19-2/h9H,3-8H2,1-2H3,(H2,14,15,16,17,18). The highest BCUT2D eigenvalue weighted by atomic mass is 16.5. The Hall–Kier alpha value is -1.93. The van der Waals surface area contributed by atoms with Crippen molar-refractivity contribution < 1.29 is 14.2 Å². The zero-order chi connectivity index (χ0) is 14.9. The quantitative estimate of drug-likeness (QED) is 0.636. The molecule has 0 bridgehead atoms. The second-order valence-electron chi connectivity index (χ2n) is 4.29. The Morgan fingerprint density at radius 3 is 2.90 bits per heavy atom. The van der Waals surface area contributed by atoms with Gasteiger partial charge >= 0.3 is 0 Å². The predicted molar refractivity (Wildman–Crippen MR) is 78.7 cm³/mol. The lowest BCUT2D eigenvalue weighted by atomic mass is 10.5. The largest absolute Gasteiger partial charge is 0.476 e. The van der Waals surface area contributed by atoms with Crippen LogP contribution in [0.15, 0.2) is 6.33 Å². The molecule has 0 saturated heterocycles. The SMILES string of the molecule is CCNc1nc(OCCCOCCOC)c2[nH]cnc2n1. The Morgan fingerprint density at radius 2 is 2.10 bits per heavy atom. The minimum atomic E-state index is 0.505. The van der Waals surface area contributed by atoms with Gasteiger partial charge in [-0.15, -0.1) is 0 Å². The summed E-state index contributed by atoms with van der Waals surface area (Å²) in [6, 6.07) is 0. The normalized spacial score (nSPS) is 11.0. The molecule has 0 radical (unpaired) electrons. The molecule has 0 aliphatic heterocycles. The minimum absolute atomic E-state index is 0.505. The third-order valence-electron chi connectivity index (χ3n) is 2.69. The van der Waals surface area contributed by atoms with Crippen molar-refractivity contribution in [2.24, 2.45) is 0 Å². The molecule has 0 unspecified atom stereocenters. The number of imidazole rings is 1. The minimum Gasteiger partial charge on any atom is -0.476 e. The Kier molecular flexibility index (Phi) is 6.17. The molecule has 21 heavy (non-hydrogen) atoms.